The Labute approximate surface area is 96.3 Å². The Morgan fingerprint density at radius 3 is 2.50 bits per heavy atom. The van der Waals surface area contributed by atoms with Crippen LogP contribution in [0.15, 0.2) is 6.20 Å². The van der Waals surface area contributed by atoms with Gasteiger partial charge in [-0.2, -0.15) is 0 Å². The van der Waals surface area contributed by atoms with Gasteiger partial charge in [-0.1, -0.05) is 13.8 Å². The van der Waals surface area contributed by atoms with Crippen molar-refractivity contribution in [3.05, 3.63) is 17.7 Å². The van der Waals surface area contributed by atoms with E-state index in [1.165, 1.54) is 0 Å². The summed E-state index contributed by atoms with van der Waals surface area (Å²) >= 11 is 0. The van der Waals surface area contributed by atoms with Gasteiger partial charge >= 0.3 is 5.97 Å². The van der Waals surface area contributed by atoms with Gasteiger partial charge in [-0.15, -0.1) is 0 Å². The maximum Gasteiger partial charge on any atom is 0.309 e. The van der Waals surface area contributed by atoms with Gasteiger partial charge in [-0.3, -0.25) is 4.79 Å². The van der Waals surface area contributed by atoms with Crippen LogP contribution in [0.1, 0.15) is 51.0 Å². The van der Waals surface area contributed by atoms with Crippen LogP contribution >= 0.6 is 0 Å². The van der Waals surface area contributed by atoms with Crippen molar-refractivity contribution in [3.63, 3.8) is 0 Å². The lowest BCUT2D eigenvalue weighted by molar-refractivity contribution is -0.136. The predicted octanol–water partition coefficient (Wildman–Crippen LogP) is 2.43. The molecule has 0 amide bonds. The first-order chi connectivity index (χ1) is 7.63. The number of hydrogen-bond donors (Lipinski definition) is 1. The number of rotatable bonds is 6. The molecule has 0 fully saturated rings. The van der Waals surface area contributed by atoms with Crippen LogP contribution in [0.3, 0.4) is 0 Å². The summed E-state index contributed by atoms with van der Waals surface area (Å²) < 4.78 is 2.03. The number of nitrogens with zero attached hydrogens (tertiary/aromatic N) is 2. The second-order valence-electron chi connectivity index (χ2n) is 3.94. The normalized spacial score (nSPS) is 11.0. The lowest BCUT2D eigenvalue weighted by Crippen LogP contribution is -2.12. The first kappa shape index (κ1) is 12.7. The molecular weight excluding hydrogens is 204 g/mol. The number of aromatic nitrogens is 2. The van der Waals surface area contributed by atoms with E-state index < -0.39 is 5.97 Å². The predicted molar refractivity (Wildman–Crippen MR) is 62.6 cm³/mol. The molecule has 1 rings (SSSR count). The van der Waals surface area contributed by atoms with E-state index in [4.69, 9.17) is 5.11 Å². The van der Waals surface area contributed by atoms with E-state index in [2.05, 4.69) is 18.8 Å². The van der Waals surface area contributed by atoms with Gasteiger partial charge in [0.15, 0.2) is 0 Å². The molecule has 4 heteroatoms. The van der Waals surface area contributed by atoms with Crippen LogP contribution in [0.4, 0.5) is 0 Å². The Kier molecular flexibility index (Phi) is 4.52. The van der Waals surface area contributed by atoms with Crippen molar-refractivity contribution in [2.24, 2.45) is 0 Å². The first-order valence-electron chi connectivity index (χ1n) is 5.90. The molecule has 4 nitrogen and oxygen atoms in total. The Morgan fingerprint density at radius 1 is 1.44 bits per heavy atom. The van der Waals surface area contributed by atoms with Crippen molar-refractivity contribution in [1.29, 1.82) is 0 Å². The summed E-state index contributed by atoms with van der Waals surface area (Å²) in [6, 6.07) is 0. The zero-order valence-corrected chi connectivity index (χ0v) is 10.2. The van der Waals surface area contributed by atoms with Crippen LogP contribution in [0.5, 0.6) is 0 Å². The van der Waals surface area contributed by atoms with E-state index in [1.54, 1.807) is 6.20 Å². The molecule has 0 atom stereocenters. The Balaban J connectivity index is 3.02. The first-order valence-corrected chi connectivity index (χ1v) is 5.90. The summed E-state index contributed by atoms with van der Waals surface area (Å²) in [5.74, 6) is 0.664. The Hall–Kier alpha value is -1.32. The third kappa shape index (κ3) is 2.62. The van der Waals surface area contributed by atoms with E-state index >= 15 is 0 Å². The third-order valence-corrected chi connectivity index (χ3v) is 2.97. The molecule has 0 spiro atoms. The number of aliphatic carboxylic acids is 1. The van der Waals surface area contributed by atoms with Gasteiger partial charge in [0.1, 0.15) is 5.82 Å². The molecule has 1 heterocycles. The number of carboxylic acid groups (broad SMARTS) is 1. The molecule has 0 radical (unpaired) electrons. The molecule has 16 heavy (non-hydrogen) atoms. The molecule has 0 aliphatic rings. The standard InChI is InChI=1S/C12H20N2O2/c1-4-9(5-2)12-13-8-10(7-11(15)16)14(12)6-3/h8-9H,4-7H2,1-3H3,(H,15,16). The van der Waals surface area contributed by atoms with Gasteiger partial charge in [0, 0.05) is 24.4 Å². The van der Waals surface area contributed by atoms with E-state index in [0.717, 1.165) is 30.9 Å². The van der Waals surface area contributed by atoms with E-state index in [9.17, 15) is 4.79 Å². The Bertz CT molecular complexity index is 354. The highest BCUT2D eigenvalue weighted by Crippen LogP contribution is 2.23. The van der Waals surface area contributed by atoms with Gasteiger partial charge in [0.25, 0.3) is 0 Å². The monoisotopic (exact) mass is 224 g/mol. The van der Waals surface area contributed by atoms with Crippen LogP contribution in [-0.4, -0.2) is 20.6 Å². The average Bonchev–Trinajstić information content (AvgIpc) is 2.62. The zero-order valence-electron chi connectivity index (χ0n) is 10.2. The fourth-order valence-corrected chi connectivity index (χ4v) is 2.07. The molecule has 0 aliphatic heterocycles. The molecule has 1 N–H and O–H groups in total. The van der Waals surface area contributed by atoms with Crippen LogP contribution in [0, 0.1) is 0 Å². The number of imidazole rings is 1. The lowest BCUT2D eigenvalue weighted by atomic mass is 10.0. The maximum atomic E-state index is 10.7. The van der Waals surface area contributed by atoms with Gasteiger partial charge in [-0.05, 0) is 19.8 Å². The van der Waals surface area contributed by atoms with Crippen molar-refractivity contribution in [2.75, 3.05) is 0 Å². The largest absolute Gasteiger partial charge is 0.481 e. The molecule has 0 unspecified atom stereocenters. The van der Waals surface area contributed by atoms with Crippen LogP contribution < -0.4 is 0 Å². The van der Waals surface area contributed by atoms with E-state index in [0.29, 0.717) is 5.92 Å². The zero-order chi connectivity index (χ0) is 12.1. The fourth-order valence-electron chi connectivity index (χ4n) is 2.07. The maximum absolute atomic E-state index is 10.7. The molecule has 1 aromatic heterocycles. The average molecular weight is 224 g/mol. The van der Waals surface area contributed by atoms with Crippen molar-refractivity contribution in [2.45, 2.75) is 52.5 Å². The van der Waals surface area contributed by atoms with Crippen LogP contribution in [0.25, 0.3) is 0 Å². The SMILES string of the molecule is CCC(CC)c1ncc(CC(=O)O)n1CC. The molecule has 0 saturated heterocycles. The van der Waals surface area contributed by atoms with Gasteiger partial charge in [-0.25, -0.2) is 4.98 Å². The molecule has 90 valence electrons. The van der Waals surface area contributed by atoms with Crippen LogP contribution in [0.2, 0.25) is 0 Å². The molecule has 0 aliphatic carbocycles. The molecule has 0 bridgehead atoms. The molecule has 0 saturated carbocycles. The quantitative estimate of drug-likeness (QED) is 0.807. The summed E-state index contributed by atoms with van der Waals surface area (Å²) in [5.41, 5.74) is 0.803. The highest BCUT2D eigenvalue weighted by molar-refractivity contribution is 5.69. The molecular formula is C12H20N2O2. The minimum atomic E-state index is -0.800. The third-order valence-electron chi connectivity index (χ3n) is 2.97. The van der Waals surface area contributed by atoms with Gasteiger partial charge in [0.05, 0.1) is 6.42 Å². The summed E-state index contributed by atoms with van der Waals surface area (Å²) in [5, 5.41) is 8.81. The van der Waals surface area contributed by atoms with Crippen LogP contribution in [-0.2, 0) is 17.8 Å². The summed E-state index contributed by atoms with van der Waals surface area (Å²) in [6.07, 6.45) is 3.84. The summed E-state index contributed by atoms with van der Waals surface area (Å²) in [4.78, 5) is 15.1. The Morgan fingerprint density at radius 2 is 2.06 bits per heavy atom. The topological polar surface area (TPSA) is 55.1 Å². The van der Waals surface area contributed by atoms with E-state index in [-0.39, 0.29) is 6.42 Å². The highest BCUT2D eigenvalue weighted by Gasteiger charge is 2.17. The second-order valence-corrected chi connectivity index (χ2v) is 3.94. The van der Waals surface area contributed by atoms with Crippen molar-refractivity contribution >= 4 is 5.97 Å². The minimum Gasteiger partial charge on any atom is -0.481 e. The molecule has 0 aromatic carbocycles. The van der Waals surface area contributed by atoms with E-state index in [1.807, 2.05) is 11.5 Å². The second kappa shape index (κ2) is 5.68. The van der Waals surface area contributed by atoms with Gasteiger partial charge in [0.2, 0.25) is 0 Å². The number of hydrogen-bond acceptors (Lipinski definition) is 2. The number of carbonyl (C=O) groups is 1. The van der Waals surface area contributed by atoms with Crippen molar-refractivity contribution in [1.82, 2.24) is 9.55 Å². The summed E-state index contributed by atoms with van der Waals surface area (Å²) in [6.45, 7) is 7.09. The van der Waals surface area contributed by atoms with Crippen molar-refractivity contribution in [3.8, 4) is 0 Å². The van der Waals surface area contributed by atoms with Gasteiger partial charge < -0.3 is 9.67 Å². The highest BCUT2D eigenvalue weighted by atomic mass is 16.4. The summed E-state index contributed by atoms with van der Waals surface area (Å²) in [7, 11) is 0. The minimum absolute atomic E-state index is 0.0565. The fraction of sp³-hybridized carbons (Fsp3) is 0.667. The number of carboxylic acids is 1. The smallest absolute Gasteiger partial charge is 0.309 e. The lowest BCUT2D eigenvalue weighted by Gasteiger charge is -2.15. The van der Waals surface area contributed by atoms with Crippen molar-refractivity contribution < 1.29 is 9.90 Å². The molecule has 1 aromatic rings.